The minimum atomic E-state index is -4.66. The molecule has 0 spiro atoms. The van der Waals surface area contributed by atoms with Crippen molar-refractivity contribution in [2.45, 2.75) is 25.1 Å². The van der Waals surface area contributed by atoms with Gasteiger partial charge in [-0.15, -0.1) is 0 Å². The number of methoxy groups -OCH3 is 1. The Morgan fingerprint density at radius 3 is 2.69 bits per heavy atom. The normalized spacial score (nSPS) is 18.6. The van der Waals surface area contributed by atoms with Crippen LogP contribution in [-0.4, -0.2) is 73.9 Å². The van der Waals surface area contributed by atoms with Gasteiger partial charge in [-0.1, -0.05) is 6.07 Å². The zero-order valence-corrected chi connectivity index (χ0v) is 20.1. The van der Waals surface area contributed by atoms with Crippen LogP contribution < -0.4 is 21.7 Å². The summed E-state index contributed by atoms with van der Waals surface area (Å²) in [4.78, 5) is 18.4. The zero-order valence-electron chi connectivity index (χ0n) is 20.1. The van der Waals surface area contributed by atoms with E-state index in [1.54, 1.807) is 12.3 Å². The lowest BCUT2D eigenvalue weighted by atomic mass is 10.0. The van der Waals surface area contributed by atoms with E-state index < -0.39 is 17.8 Å². The molecule has 0 bridgehead atoms. The molecule has 0 unspecified atom stereocenters. The number of pyridine rings is 1. The molecular weight excluding hydrogens is 475 g/mol. The number of rotatable bonds is 10. The number of hydrogen-bond acceptors (Lipinski definition) is 8. The monoisotopic (exact) mass is 507 g/mol. The van der Waals surface area contributed by atoms with E-state index in [1.807, 2.05) is 0 Å². The van der Waals surface area contributed by atoms with Gasteiger partial charge in [0.1, 0.15) is 17.1 Å². The standard InChI is InChI=1S/C24H32F3N7O2/c1-36-21-14-18(29)16(15-31-17-5-10-34(11-6-17)12-9-30-8-7-28)13-20(21)33-23(35)19-3-2-4-22(32-19)24(25,26)27/h2-4,13-15,17,29-31H,5-12,28H2,1H3,(H,33,35)/b16-15-,29-18?. The average Bonchev–Trinajstić information content (AvgIpc) is 2.87. The molecule has 1 saturated heterocycles. The molecule has 9 nitrogen and oxygen atoms in total. The third-order valence-electron chi connectivity index (χ3n) is 5.88. The Kier molecular flexibility index (Phi) is 9.62. The van der Waals surface area contributed by atoms with Crippen LogP contribution in [-0.2, 0) is 10.9 Å². The van der Waals surface area contributed by atoms with Crippen LogP contribution in [0.15, 0.2) is 53.6 Å². The maximum atomic E-state index is 13.0. The molecule has 0 radical (unpaired) electrons. The lowest BCUT2D eigenvalue weighted by Crippen LogP contribution is -2.43. The highest BCUT2D eigenvalue weighted by atomic mass is 19.4. The van der Waals surface area contributed by atoms with E-state index in [4.69, 9.17) is 15.9 Å². The summed E-state index contributed by atoms with van der Waals surface area (Å²) in [7, 11) is 1.38. The van der Waals surface area contributed by atoms with Gasteiger partial charge in [0.25, 0.3) is 5.91 Å². The van der Waals surface area contributed by atoms with Gasteiger partial charge in [0.2, 0.25) is 0 Å². The fourth-order valence-corrected chi connectivity index (χ4v) is 3.88. The number of ether oxygens (including phenoxy) is 1. The molecule has 2 heterocycles. The average molecular weight is 508 g/mol. The highest BCUT2D eigenvalue weighted by molar-refractivity contribution is 6.10. The van der Waals surface area contributed by atoms with Crippen molar-refractivity contribution in [3.63, 3.8) is 0 Å². The van der Waals surface area contributed by atoms with Crippen molar-refractivity contribution in [2.24, 2.45) is 5.73 Å². The zero-order chi connectivity index (χ0) is 26.1. The van der Waals surface area contributed by atoms with Crippen LogP contribution >= 0.6 is 0 Å². The number of allylic oxidation sites excluding steroid dienone is 3. The van der Waals surface area contributed by atoms with Gasteiger partial charge in [-0.25, -0.2) is 4.98 Å². The Morgan fingerprint density at radius 2 is 2.03 bits per heavy atom. The first-order valence-electron chi connectivity index (χ1n) is 11.7. The fraction of sp³-hybridized carbons (Fsp3) is 0.458. The molecule has 1 aliphatic carbocycles. The fourth-order valence-electron chi connectivity index (χ4n) is 3.88. The summed E-state index contributed by atoms with van der Waals surface area (Å²) in [6.45, 7) is 5.21. The number of carbonyl (C=O) groups excluding carboxylic acids is 1. The third-order valence-corrected chi connectivity index (χ3v) is 5.88. The molecule has 2 aliphatic rings. The highest BCUT2D eigenvalue weighted by Gasteiger charge is 2.33. The number of hydrogen-bond donors (Lipinski definition) is 5. The van der Waals surface area contributed by atoms with Crippen LogP contribution in [0, 0.1) is 5.41 Å². The Balaban J connectivity index is 1.62. The second kappa shape index (κ2) is 12.7. The number of nitrogens with one attached hydrogen (secondary N) is 4. The molecule has 1 aromatic heterocycles. The molecule has 3 rings (SSSR count). The minimum absolute atomic E-state index is 0.179. The molecule has 36 heavy (non-hydrogen) atoms. The number of nitrogens with two attached hydrogens (primary N) is 1. The summed E-state index contributed by atoms with van der Waals surface area (Å²) in [6.07, 6.45) is 1.95. The Labute approximate surface area is 208 Å². The van der Waals surface area contributed by atoms with Crippen LogP contribution in [0.1, 0.15) is 29.0 Å². The van der Waals surface area contributed by atoms with Gasteiger partial charge in [-0.05, 0) is 31.1 Å². The van der Waals surface area contributed by atoms with Crippen LogP contribution in [0.25, 0.3) is 0 Å². The van der Waals surface area contributed by atoms with Gasteiger partial charge in [0, 0.05) is 63.2 Å². The van der Waals surface area contributed by atoms with E-state index in [0.29, 0.717) is 12.1 Å². The van der Waals surface area contributed by atoms with Crippen LogP contribution in [0.4, 0.5) is 13.2 Å². The van der Waals surface area contributed by atoms with Gasteiger partial charge < -0.3 is 36.7 Å². The summed E-state index contributed by atoms with van der Waals surface area (Å²) in [5.74, 6) is -0.599. The van der Waals surface area contributed by atoms with Gasteiger partial charge in [0.15, 0.2) is 0 Å². The molecular formula is C24H32F3N7O2. The molecule has 1 aliphatic heterocycles. The van der Waals surface area contributed by atoms with Gasteiger partial charge in [0.05, 0.1) is 18.5 Å². The quantitative estimate of drug-likeness (QED) is 0.305. The van der Waals surface area contributed by atoms with E-state index in [1.165, 1.54) is 19.3 Å². The molecule has 0 atom stereocenters. The number of likely N-dealkylation sites (tertiary alicyclic amines) is 1. The Morgan fingerprint density at radius 1 is 1.28 bits per heavy atom. The molecule has 1 amide bonds. The van der Waals surface area contributed by atoms with Crippen molar-refractivity contribution in [1.29, 1.82) is 5.41 Å². The molecule has 1 aromatic rings. The molecule has 0 aromatic carbocycles. The predicted molar refractivity (Wildman–Crippen MR) is 130 cm³/mol. The van der Waals surface area contributed by atoms with Crippen molar-refractivity contribution in [3.8, 4) is 0 Å². The Bertz CT molecular complexity index is 1030. The molecule has 196 valence electrons. The molecule has 12 heteroatoms. The van der Waals surface area contributed by atoms with Crippen molar-refractivity contribution >= 4 is 11.6 Å². The maximum absolute atomic E-state index is 13.0. The summed E-state index contributed by atoms with van der Waals surface area (Å²) in [5, 5.41) is 17.5. The molecule has 0 saturated carbocycles. The van der Waals surface area contributed by atoms with Crippen LogP contribution in [0.2, 0.25) is 0 Å². The van der Waals surface area contributed by atoms with E-state index >= 15 is 0 Å². The van der Waals surface area contributed by atoms with Gasteiger partial charge in [-0.3, -0.25) is 4.79 Å². The number of amides is 1. The first-order valence-corrected chi connectivity index (χ1v) is 11.7. The second-order valence-corrected chi connectivity index (χ2v) is 8.47. The second-order valence-electron chi connectivity index (χ2n) is 8.47. The third kappa shape index (κ3) is 7.64. The molecule has 1 fully saturated rings. The van der Waals surface area contributed by atoms with E-state index in [2.05, 4.69) is 25.8 Å². The predicted octanol–water partition coefficient (Wildman–Crippen LogP) is 1.76. The van der Waals surface area contributed by atoms with E-state index in [0.717, 1.165) is 57.7 Å². The SMILES string of the molecule is COC1=CC(=N)/C(=C\NC2CCN(CCNCCN)CC2)C=C1NC(=O)c1cccc(C(F)(F)F)n1. The molecule has 6 N–H and O–H groups in total. The van der Waals surface area contributed by atoms with Crippen molar-refractivity contribution < 1.29 is 22.7 Å². The van der Waals surface area contributed by atoms with Crippen LogP contribution in [0.5, 0.6) is 0 Å². The maximum Gasteiger partial charge on any atom is 0.433 e. The first kappa shape index (κ1) is 27.4. The number of piperidine rings is 1. The van der Waals surface area contributed by atoms with E-state index in [-0.39, 0.29) is 28.9 Å². The van der Waals surface area contributed by atoms with E-state index in [9.17, 15) is 18.0 Å². The minimum Gasteiger partial charge on any atom is -0.494 e. The lowest BCUT2D eigenvalue weighted by Gasteiger charge is -2.32. The van der Waals surface area contributed by atoms with Crippen LogP contribution in [0.3, 0.4) is 0 Å². The smallest absolute Gasteiger partial charge is 0.433 e. The van der Waals surface area contributed by atoms with Gasteiger partial charge in [-0.2, -0.15) is 13.2 Å². The number of nitrogens with zero attached hydrogens (tertiary/aromatic N) is 2. The van der Waals surface area contributed by atoms with Crippen molar-refractivity contribution in [1.82, 2.24) is 25.8 Å². The Hall–Kier alpha value is -3.22. The first-order chi connectivity index (χ1) is 17.2. The number of carbonyl (C=O) groups is 1. The summed E-state index contributed by atoms with van der Waals surface area (Å²) < 4.78 is 44.1. The van der Waals surface area contributed by atoms with Gasteiger partial charge >= 0.3 is 6.18 Å². The summed E-state index contributed by atoms with van der Waals surface area (Å²) >= 11 is 0. The van der Waals surface area contributed by atoms with Crippen molar-refractivity contribution in [3.05, 3.63) is 65.0 Å². The summed E-state index contributed by atoms with van der Waals surface area (Å²) in [5.41, 5.74) is 4.87. The van der Waals surface area contributed by atoms with Crippen molar-refractivity contribution in [2.75, 3.05) is 46.4 Å². The highest BCUT2D eigenvalue weighted by Crippen LogP contribution is 2.27. The number of aromatic nitrogens is 1. The topological polar surface area (TPSA) is 128 Å². The number of alkyl halides is 3. The number of halogens is 3. The summed E-state index contributed by atoms with van der Waals surface area (Å²) in [6, 6.07) is 3.37. The largest absolute Gasteiger partial charge is 0.494 e. The lowest BCUT2D eigenvalue weighted by molar-refractivity contribution is -0.141.